The third-order valence-electron chi connectivity index (χ3n) is 4.45. The van der Waals surface area contributed by atoms with Gasteiger partial charge in [0, 0.05) is 38.6 Å². The lowest BCUT2D eigenvalue weighted by Gasteiger charge is -2.34. The van der Waals surface area contributed by atoms with E-state index in [2.05, 4.69) is 9.88 Å². The van der Waals surface area contributed by atoms with Crippen LogP contribution < -0.4 is 5.73 Å². The van der Waals surface area contributed by atoms with Crippen LogP contribution in [0.3, 0.4) is 0 Å². The molecule has 0 radical (unpaired) electrons. The zero-order chi connectivity index (χ0) is 16.4. The number of piperazine rings is 1. The fourth-order valence-electron chi connectivity index (χ4n) is 2.95. The average Bonchev–Trinajstić information content (AvgIpc) is 3.39. The molecule has 0 unspecified atom stereocenters. The lowest BCUT2D eigenvalue weighted by molar-refractivity contribution is 0.0608. The fraction of sp³-hybridized carbons (Fsp3) is 0.562. The van der Waals surface area contributed by atoms with Gasteiger partial charge in [-0.05, 0) is 25.0 Å². The van der Waals surface area contributed by atoms with Crippen molar-refractivity contribution in [3.8, 4) is 0 Å². The molecule has 2 aliphatic rings. The molecule has 0 bridgehead atoms. The zero-order valence-electron chi connectivity index (χ0n) is 13.1. The first kappa shape index (κ1) is 15.9. The van der Waals surface area contributed by atoms with Gasteiger partial charge in [0.1, 0.15) is 5.69 Å². The third-order valence-corrected chi connectivity index (χ3v) is 4.45. The molecule has 2 amide bonds. The minimum absolute atomic E-state index is 0.105. The summed E-state index contributed by atoms with van der Waals surface area (Å²) in [4.78, 5) is 32.5. The average molecular weight is 318 g/mol. The molecule has 1 saturated heterocycles. The lowest BCUT2D eigenvalue weighted by atomic mass is 10.1. The number of β-amino-alcohol motifs (C(OH)–C–C–N with tert-alkyl or cyclic N) is 1. The van der Waals surface area contributed by atoms with E-state index in [0.29, 0.717) is 36.6 Å². The van der Waals surface area contributed by atoms with Crippen LogP contribution in [0.1, 0.15) is 45.3 Å². The van der Waals surface area contributed by atoms with Crippen molar-refractivity contribution in [2.75, 3.05) is 39.3 Å². The SMILES string of the molecule is NC(=O)c1ccc(C(=O)N2CCN(CCO)CC2)nc1C1CC1. The molecule has 0 spiro atoms. The Kier molecular flexibility index (Phi) is 4.58. The predicted molar refractivity (Wildman–Crippen MR) is 84.2 cm³/mol. The molecule has 0 atom stereocenters. The van der Waals surface area contributed by atoms with E-state index in [1.165, 1.54) is 0 Å². The van der Waals surface area contributed by atoms with Crippen molar-refractivity contribution in [2.45, 2.75) is 18.8 Å². The minimum Gasteiger partial charge on any atom is -0.395 e. The minimum atomic E-state index is -0.490. The van der Waals surface area contributed by atoms with E-state index in [-0.39, 0.29) is 18.4 Å². The predicted octanol–water partition coefficient (Wildman–Crippen LogP) is -0.192. The Balaban J connectivity index is 1.73. The number of carbonyl (C=O) groups excluding carboxylic acids is 2. The second-order valence-electron chi connectivity index (χ2n) is 6.13. The number of rotatable bonds is 5. The number of carbonyl (C=O) groups is 2. The molecule has 3 rings (SSSR count). The van der Waals surface area contributed by atoms with Gasteiger partial charge in [-0.25, -0.2) is 4.98 Å². The van der Waals surface area contributed by atoms with Crippen LogP contribution in [-0.4, -0.2) is 71.0 Å². The summed E-state index contributed by atoms with van der Waals surface area (Å²) in [6.45, 7) is 3.52. The van der Waals surface area contributed by atoms with E-state index in [1.807, 2.05) is 0 Å². The number of primary amides is 1. The second-order valence-corrected chi connectivity index (χ2v) is 6.13. The maximum absolute atomic E-state index is 12.6. The van der Waals surface area contributed by atoms with E-state index in [0.717, 1.165) is 25.9 Å². The largest absolute Gasteiger partial charge is 0.395 e. The smallest absolute Gasteiger partial charge is 0.272 e. The number of pyridine rings is 1. The standard InChI is InChI=1S/C16H22N4O3/c17-15(22)12-3-4-13(18-14(12)11-1-2-11)16(23)20-7-5-19(6-8-20)9-10-21/h3-4,11,21H,1-2,5-10H2,(H2,17,22). The van der Waals surface area contributed by atoms with Crippen LogP contribution in [0, 0.1) is 0 Å². The van der Waals surface area contributed by atoms with Crippen LogP contribution in [0.25, 0.3) is 0 Å². The maximum Gasteiger partial charge on any atom is 0.272 e. The van der Waals surface area contributed by atoms with Crippen LogP contribution in [0.2, 0.25) is 0 Å². The summed E-state index contributed by atoms with van der Waals surface area (Å²) in [6, 6.07) is 3.21. The van der Waals surface area contributed by atoms with Gasteiger partial charge in [0.25, 0.3) is 11.8 Å². The lowest BCUT2D eigenvalue weighted by Crippen LogP contribution is -2.49. The molecule has 1 aromatic heterocycles. The monoisotopic (exact) mass is 318 g/mol. The number of aromatic nitrogens is 1. The Labute approximate surface area is 135 Å². The molecule has 2 fully saturated rings. The molecular formula is C16H22N4O3. The molecule has 1 aliphatic carbocycles. The van der Waals surface area contributed by atoms with Crippen LogP contribution >= 0.6 is 0 Å². The van der Waals surface area contributed by atoms with Gasteiger partial charge in [0.2, 0.25) is 0 Å². The molecular weight excluding hydrogens is 296 g/mol. The van der Waals surface area contributed by atoms with Gasteiger partial charge >= 0.3 is 0 Å². The summed E-state index contributed by atoms with van der Waals surface area (Å²) in [7, 11) is 0. The Morgan fingerprint density at radius 1 is 1.22 bits per heavy atom. The Hall–Kier alpha value is -1.99. The highest BCUT2D eigenvalue weighted by molar-refractivity contribution is 5.96. The summed E-state index contributed by atoms with van der Waals surface area (Å²) in [5.74, 6) is -0.339. The summed E-state index contributed by atoms with van der Waals surface area (Å²) in [5.41, 5.74) is 6.87. The van der Waals surface area contributed by atoms with Gasteiger partial charge in [-0.15, -0.1) is 0 Å². The highest BCUT2D eigenvalue weighted by Crippen LogP contribution is 2.40. The number of hydrogen-bond donors (Lipinski definition) is 2. The normalized spacial score (nSPS) is 18.9. The van der Waals surface area contributed by atoms with Gasteiger partial charge in [0.15, 0.2) is 0 Å². The highest BCUT2D eigenvalue weighted by Gasteiger charge is 2.31. The molecule has 1 saturated carbocycles. The molecule has 1 aliphatic heterocycles. The van der Waals surface area contributed by atoms with E-state index in [4.69, 9.17) is 10.8 Å². The van der Waals surface area contributed by atoms with Crippen molar-refractivity contribution < 1.29 is 14.7 Å². The number of aliphatic hydroxyl groups excluding tert-OH is 1. The van der Waals surface area contributed by atoms with Gasteiger partial charge in [0.05, 0.1) is 17.9 Å². The first-order valence-electron chi connectivity index (χ1n) is 8.03. The van der Waals surface area contributed by atoms with E-state index < -0.39 is 5.91 Å². The Bertz CT molecular complexity index is 607. The third kappa shape index (κ3) is 3.51. The van der Waals surface area contributed by atoms with Crippen molar-refractivity contribution in [2.24, 2.45) is 5.73 Å². The van der Waals surface area contributed by atoms with Crippen LogP contribution in [0.4, 0.5) is 0 Å². The molecule has 3 N–H and O–H groups in total. The summed E-state index contributed by atoms with van der Waals surface area (Å²) < 4.78 is 0. The molecule has 124 valence electrons. The fourth-order valence-corrected chi connectivity index (χ4v) is 2.95. The van der Waals surface area contributed by atoms with Crippen LogP contribution in [0.5, 0.6) is 0 Å². The first-order valence-corrected chi connectivity index (χ1v) is 8.03. The van der Waals surface area contributed by atoms with Crippen molar-refractivity contribution in [3.63, 3.8) is 0 Å². The summed E-state index contributed by atoms with van der Waals surface area (Å²) >= 11 is 0. The summed E-state index contributed by atoms with van der Waals surface area (Å²) in [5, 5.41) is 8.96. The molecule has 0 aromatic carbocycles. The molecule has 7 nitrogen and oxygen atoms in total. The highest BCUT2D eigenvalue weighted by atomic mass is 16.3. The number of hydrogen-bond acceptors (Lipinski definition) is 5. The Morgan fingerprint density at radius 2 is 1.91 bits per heavy atom. The zero-order valence-corrected chi connectivity index (χ0v) is 13.1. The van der Waals surface area contributed by atoms with Gasteiger partial charge < -0.3 is 15.7 Å². The number of amides is 2. The molecule has 23 heavy (non-hydrogen) atoms. The number of nitrogens with two attached hydrogens (primary N) is 1. The van der Waals surface area contributed by atoms with E-state index >= 15 is 0 Å². The van der Waals surface area contributed by atoms with Crippen molar-refractivity contribution >= 4 is 11.8 Å². The first-order chi connectivity index (χ1) is 11.1. The van der Waals surface area contributed by atoms with Crippen molar-refractivity contribution in [1.82, 2.24) is 14.8 Å². The quantitative estimate of drug-likeness (QED) is 0.784. The second kappa shape index (κ2) is 6.64. The topological polar surface area (TPSA) is 99.8 Å². The molecule has 7 heteroatoms. The van der Waals surface area contributed by atoms with Crippen LogP contribution in [0.15, 0.2) is 12.1 Å². The van der Waals surface area contributed by atoms with Crippen LogP contribution in [-0.2, 0) is 0 Å². The van der Waals surface area contributed by atoms with Crippen molar-refractivity contribution in [1.29, 1.82) is 0 Å². The number of nitrogens with zero attached hydrogens (tertiary/aromatic N) is 3. The van der Waals surface area contributed by atoms with E-state index in [1.54, 1.807) is 17.0 Å². The Morgan fingerprint density at radius 3 is 2.48 bits per heavy atom. The summed E-state index contributed by atoms with van der Waals surface area (Å²) in [6.07, 6.45) is 1.98. The molecule has 2 heterocycles. The van der Waals surface area contributed by atoms with E-state index in [9.17, 15) is 9.59 Å². The molecule has 1 aromatic rings. The number of aliphatic hydroxyl groups is 1. The van der Waals surface area contributed by atoms with Gasteiger partial charge in [-0.2, -0.15) is 0 Å². The maximum atomic E-state index is 12.6. The van der Waals surface area contributed by atoms with Gasteiger partial charge in [-0.1, -0.05) is 0 Å². The van der Waals surface area contributed by atoms with Crippen molar-refractivity contribution in [3.05, 3.63) is 29.1 Å². The van der Waals surface area contributed by atoms with Gasteiger partial charge in [-0.3, -0.25) is 14.5 Å².